The molecule has 0 aromatic heterocycles. The predicted molar refractivity (Wildman–Crippen MR) is 230 cm³/mol. The van der Waals surface area contributed by atoms with Gasteiger partial charge in [-0.2, -0.15) is 24.3 Å². The van der Waals surface area contributed by atoms with Gasteiger partial charge in [0.2, 0.25) is 0 Å². The fourth-order valence-electron chi connectivity index (χ4n) is 11.7. The number of fused-ring (bicyclic) bond motifs is 1. The minimum Gasteiger partial charge on any atom is -0.183 e. The van der Waals surface area contributed by atoms with Crippen molar-refractivity contribution >= 4 is 40.8 Å². The molecule has 2 aromatic rings. The fourth-order valence-corrected chi connectivity index (χ4v) is 22.1. The van der Waals surface area contributed by atoms with Crippen molar-refractivity contribution < 1.29 is 13.7 Å². The summed E-state index contributed by atoms with van der Waals surface area (Å²) >= 11 is 6.25. The summed E-state index contributed by atoms with van der Waals surface area (Å²) in [5.41, 5.74) is 7.36. The Kier molecular flexibility index (Phi) is 20.7. The van der Waals surface area contributed by atoms with Crippen LogP contribution in [0.3, 0.4) is 0 Å². The van der Waals surface area contributed by atoms with Crippen LogP contribution >= 0.6 is 30.1 Å². The Labute approximate surface area is 327 Å². The van der Waals surface area contributed by atoms with Gasteiger partial charge < -0.3 is 0 Å². The molecule has 6 saturated carbocycles. The standard InChI is InChI=1S/2C18H33P.C10H7.BrH.Ni/c2*1-4-10-16(11-5-1)19(17-12-6-2-7-13-17)18-14-8-3-9-15-18;1-2-6-10-8-4-3-7-9(10)5-1;;/h2*16-18H,1-15H2;1-3,5-8H;1H;/q;;-1;;+1/p+1. The molecule has 6 aliphatic carbocycles. The minimum absolute atomic E-state index is 0.0465. The topological polar surface area (TPSA) is 0 Å². The average molecular weight is 829 g/mol. The van der Waals surface area contributed by atoms with Gasteiger partial charge in [-0.3, -0.25) is 0 Å². The molecular weight excluding hydrogens is 753 g/mol. The maximum atomic E-state index is 3.69. The van der Waals surface area contributed by atoms with Gasteiger partial charge in [-0.15, -0.1) is 16.8 Å². The van der Waals surface area contributed by atoms with E-state index in [0.717, 1.165) is 0 Å². The molecule has 0 bridgehead atoms. The largest absolute Gasteiger partial charge is 0.183 e. The summed E-state index contributed by atoms with van der Waals surface area (Å²) in [6.45, 7) is 0. The summed E-state index contributed by atoms with van der Waals surface area (Å²) in [7, 11) is -0.0930. The molecule has 2 aromatic carbocycles. The number of hydrogen-bond donors (Lipinski definition) is 0. The van der Waals surface area contributed by atoms with Crippen molar-refractivity contribution in [3.05, 3.63) is 48.5 Å². The van der Waals surface area contributed by atoms with Gasteiger partial charge in [0.1, 0.15) is 0 Å². The molecule has 6 aliphatic rings. The van der Waals surface area contributed by atoms with E-state index in [1.807, 2.05) is 24.3 Å². The van der Waals surface area contributed by atoms with E-state index < -0.39 is 0 Å². The Morgan fingerprint density at radius 3 is 0.900 bits per heavy atom. The average Bonchev–Trinajstić information content (AvgIpc) is 3.22. The second-order valence-electron chi connectivity index (χ2n) is 17.3. The molecule has 0 aliphatic heterocycles. The van der Waals surface area contributed by atoms with E-state index in [2.05, 4.69) is 52.2 Å². The van der Waals surface area contributed by atoms with Crippen LogP contribution in [0, 0.1) is 6.07 Å². The second kappa shape index (κ2) is 24.8. The van der Waals surface area contributed by atoms with Gasteiger partial charge in [-0.25, -0.2) is 0 Å². The summed E-state index contributed by atoms with van der Waals surface area (Å²) in [6, 6.07) is 17.3. The number of benzene rings is 2. The van der Waals surface area contributed by atoms with Crippen molar-refractivity contribution in [3.63, 3.8) is 0 Å². The van der Waals surface area contributed by atoms with Crippen molar-refractivity contribution in [1.82, 2.24) is 0 Å². The first-order valence-electron chi connectivity index (χ1n) is 22.1. The molecule has 8 rings (SSSR count). The van der Waals surface area contributed by atoms with E-state index in [0.29, 0.717) is 0 Å². The molecular formula is C46H75BrNiP2+. The van der Waals surface area contributed by atoms with Crippen LogP contribution in [0.1, 0.15) is 193 Å². The molecule has 4 heteroatoms. The molecule has 0 radical (unpaired) electrons. The number of rotatable bonds is 6. The van der Waals surface area contributed by atoms with Gasteiger partial charge in [-0.05, 0) is 154 Å². The molecule has 0 spiro atoms. The van der Waals surface area contributed by atoms with Gasteiger partial charge >= 0.3 is 27.9 Å². The molecule has 0 heterocycles. The van der Waals surface area contributed by atoms with E-state index in [-0.39, 0.29) is 15.8 Å². The third-order valence-electron chi connectivity index (χ3n) is 14.1. The number of hydrogen-bond acceptors (Lipinski definition) is 0. The fraction of sp³-hybridized carbons (Fsp3) is 0.783. The molecule has 0 saturated heterocycles. The zero-order valence-electron chi connectivity index (χ0n) is 31.9. The van der Waals surface area contributed by atoms with Crippen LogP contribution < -0.4 is 0 Å². The summed E-state index contributed by atoms with van der Waals surface area (Å²) in [5.74, 6) is 0. The van der Waals surface area contributed by atoms with Gasteiger partial charge in [0.25, 0.3) is 0 Å². The maximum Gasteiger partial charge on any atom is -0.0648 e. The summed E-state index contributed by atoms with van der Waals surface area (Å²) in [5, 5.41) is 2.53. The second-order valence-corrected chi connectivity index (χ2v) is 24.2. The molecule has 6 fully saturated rings. The first kappa shape index (κ1) is 41.7. The van der Waals surface area contributed by atoms with Gasteiger partial charge in [0, 0.05) is 15.8 Å². The van der Waals surface area contributed by atoms with Crippen LogP contribution in [-0.4, -0.2) is 34.0 Å². The Bertz CT molecular complexity index is 917. The molecule has 50 heavy (non-hydrogen) atoms. The third kappa shape index (κ3) is 13.4. The maximum absolute atomic E-state index is 3.69. The zero-order valence-corrected chi connectivity index (χ0v) is 36.5. The molecule has 0 nitrogen and oxygen atoms in total. The van der Waals surface area contributed by atoms with Crippen molar-refractivity contribution in [3.8, 4) is 0 Å². The van der Waals surface area contributed by atoms with E-state index in [4.69, 9.17) is 0 Å². The zero-order chi connectivity index (χ0) is 34.6. The van der Waals surface area contributed by atoms with Crippen LogP contribution in [0.25, 0.3) is 10.8 Å². The van der Waals surface area contributed by atoms with Crippen LogP contribution in [0.5, 0.6) is 0 Å². The Balaban J connectivity index is 0.000000149. The van der Waals surface area contributed by atoms with Gasteiger partial charge in [0.05, 0.1) is 34.0 Å². The van der Waals surface area contributed by atoms with Crippen molar-refractivity contribution in [2.24, 2.45) is 0 Å². The van der Waals surface area contributed by atoms with Crippen LogP contribution in [0.15, 0.2) is 42.5 Å². The van der Waals surface area contributed by atoms with E-state index in [1.165, 1.54) is 44.7 Å². The van der Waals surface area contributed by atoms with E-state index in [9.17, 15) is 0 Å². The van der Waals surface area contributed by atoms with Crippen LogP contribution in [0.4, 0.5) is 0 Å². The van der Waals surface area contributed by atoms with Crippen LogP contribution in [-0.2, 0) is 13.7 Å². The quantitative estimate of drug-likeness (QED) is 0.155. The van der Waals surface area contributed by atoms with Gasteiger partial charge in [-0.1, -0.05) is 56.7 Å². The molecule has 0 unspecified atom stereocenters. The Hall–Kier alpha value is 0.534. The Morgan fingerprint density at radius 1 is 0.380 bits per heavy atom. The molecule has 0 N–H and O–H groups in total. The number of halogens is 1. The predicted octanol–water partition coefficient (Wildman–Crippen LogP) is 15.9. The summed E-state index contributed by atoms with van der Waals surface area (Å²) in [4.78, 5) is 0. The SMILES string of the molecule is C1CCC([PH+](C2CCCCC2)C2CCCCC2)CC1.C1CCC([PH+](C2CCCCC2)C2CCCCC2)CC1.[Ni][Br].[c-]1ccc2ccccc2c1. The Morgan fingerprint density at radius 2 is 0.640 bits per heavy atom. The summed E-state index contributed by atoms with van der Waals surface area (Å²) in [6.07, 6.45) is 47.6. The van der Waals surface area contributed by atoms with E-state index >= 15 is 0 Å². The first-order valence-corrected chi connectivity index (χ1v) is 28.0. The summed E-state index contributed by atoms with van der Waals surface area (Å²) < 4.78 is 0. The monoisotopic (exact) mass is 826 g/mol. The first-order chi connectivity index (χ1) is 24.9. The van der Waals surface area contributed by atoms with Crippen molar-refractivity contribution in [1.29, 1.82) is 0 Å². The van der Waals surface area contributed by atoms with Crippen LogP contribution in [0.2, 0.25) is 0 Å². The van der Waals surface area contributed by atoms with Crippen molar-refractivity contribution in [2.45, 2.75) is 227 Å². The third-order valence-corrected chi connectivity index (χ3v) is 23.2. The molecule has 0 amide bonds. The molecule has 285 valence electrons. The van der Waals surface area contributed by atoms with E-state index in [1.54, 1.807) is 193 Å². The normalized spacial score (nSPS) is 24.1. The minimum atomic E-state index is -0.0465. The molecule has 0 atom stereocenters. The van der Waals surface area contributed by atoms with Gasteiger partial charge in [0.15, 0.2) is 0 Å². The smallest absolute Gasteiger partial charge is 0.0648 e. The van der Waals surface area contributed by atoms with Crippen molar-refractivity contribution in [2.75, 3.05) is 0 Å².